The lowest BCUT2D eigenvalue weighted by Crippen LogP contribution is -2.46. The van der Waals surface area contributed by atoms with E-state index < -0.39 is 24.3 Å². The molecule has 0 bridgehead atoms. The number of hydrogen-bond acceptors (Lipinski definition) is 32. The van der Waals surface area contributed by atoms with Gasteiger partial charge in [-0.2, -0.15) is 15.0 Å². The number of aryl methyl sites for hydroxylation is 3. The van der Waals surface area contributed by atoms with E-state index in [1.807, 2.05) is 116 Å². The van der Waals surface area contributed by atoms with Crippen molar-refractivity contribution in [2.24, 2.45) is 5.90 Å². The molecule has 3 aromatic carbocycles. The Balaban J connectivity index is 0.000000152. The molecule has 0 radical (unpaired) electrons. The number of halogens is 1. The number of piperazine rings is 3. The molecule has 0 spiro atoms. The third kappa shape index (κ3) is 26.1. The van der Waals surface area contributed by atoms with Gasteiger partial charge < -0.3 is 65.8 Å². The largest absolute Gasteiger partial charge is 0.481 e. The number of aliphatic carboxylic acids is 3. The van der Waals surface area contributed by atoms with Crippen molar-refractivity contribution in [1.29, 1.82) is 0 Å². The van der Waals surface area contributed by atoms with Crippen LogP contribution in [0.2, 0.25) is 0 Å². The Morgan fingerprint density at radius 2 is 0.732 bits per heavy atom. The highest BCUT2D eigenvalue weighted by molar-refractivity contribution is 9.10. The van der Waals surface area contributed by atoms with Gasteiger partial charge in [0.15, 0.2) is 23.6 Å². The molecule has 4 saturated heterocycles. The molecule has 3 saturated carbocycles. The number of nitrogens with one attached hydrogen (secondary N) is 4. The Labute approximate surface area is 827 Å². The number of carboxylic acids is 3. The highest BCUT2D eigenvalue weighted by atomic mass is 79.9. The maximum atomic E-state index is 13.5. The van der Waals surface area contributed by atoms with Crippen LogP contribution in [-0.4, -0.2) is 213 Å². The SMILES string of the molecule is CC(=O)c1c(C)c2cnc(Nc3ccc(N4CCN(c5ccc(/C=C/C(=O)O)cc5)CC4)cn3)nc2n(C2CCCC2)c1=O.CC(=O)c1c(C)c2cnc(Nc3ccc(N4CCN(c5ccc(C=O)cc5)CC4)cn3)nc2n(C2CCCC2)c1=O.CC(=O)c1c(C)c2cnc(Nc3ccc(N4CCNCC4)cn3)nc2n(C2CCCC2)c1=O.NOC1CCCCO1.O=C(O)CC(=O)O.O=Cc1ccc(Br)cc1. The van der Waals surface area contributed by atoms with Gasteiger partial charge in [-0.1, -0.05) is 78.7 Å². The number of Topliss-reactive ketones (excluding diaryl/α,β-unsaturated/α-hetero) is 3. The van der Waals surface area contributed by atoms with Gasteiger partial charge >= 0.3 is 17.9 Å². The normalized spacial score (nSPS) is 16.1. The van der Waals surface area contributed by atoms with Gasteiger partial charge in [0, 0.05) is 177 Å². The highest BCUT2D eigenvalue weighted by Gasteiger charge is 2.32. The maximum Gasteiger partial charge on any atom is 0.328 e. The van der Waals surface area contributed by atoms with E-state index in [1.54, 1.807) is 71.3 Å². The summed E-state index contributed by atoms with van der Waals surface area (Å²) in [4.78, 5) is 185. The van der Waals surface area contributed by atoms with Crippen molar-refractivity contribution >= 4 is 167 Å². The lowest BCUT2D eigenvalue weighted by Gasteiger charge is -2.37. The van der Waals surface area contributed by atoms with Crippen LogP contribution in [0.1, 0.15) is 216 Å². The summed E-state index contributed by atoms with van der Waals surface area (Å²) >= 11 is 3.26. The lowest BCUT2D eigenvalue weighted by molar-refractivity contribution is -0.164. The van der Waals surface area contributed by atoms with Crippen LogP contribution in [0.15, 0.2) is 171 Å². The molecule has 742 valence electrons. The fraction of sp³-hybridized carbons (Fsp3) is 0.379. The van der Waals surface area contributed by atoms with Crippen LogP contribution in [0.25, 0.3) is 39.2 Å². The predicted molar refractivity (Wildman–Crippen MR) is 548 cm³/mol. The first-order valence-corrected chi connectivity index (χ1v) is 48.5. The van der Waals surface area contributed by atoms with Crippen molar-refractivity contribution < 1.29 is 63.3 Å². The molecule has 38 nitrogen and oxygen atoms in total. The number of aromatic nitrogens is 12. The number of anilines is 11. The summed E-state index contributed by atoms with van der Waals surface area (Å²) in [6.45, 7) is 21.2. The first kappa shape index (κ1) is 103. The average Bonchev–Trinajstić information content (AvgIpc) is 1.10. The van der Waals surface area contributed by atoms with Crippen LogP contribution >= 0.6 is 15.9 Å². The Hall–Kier alpha value is -14.8. The summed E-state index contributed by atoms with van der Waals surface area (Å²) in [5.41, 5.74) is 11.1. The number of nitrogens with zero attached hydrogens (tertiary/aromatic N) is 17. The molecule has 142 heavy (non-hydrogen) atoms. The van der Waals surface area contributed by atoms with Crippen LogP contribution in [0.5, 0.6) is 0 Å². The second-order valence-corrected chi connectivity index (χ2v) is 36.5. The van der Waals surface area contributed by atoms with Gasteiger partial charge in [0.25, 0.3) is 16.7 Å². The smallest absolute Gasteiger partial charge is 0.328 e. The van der Waals surface area contributed by atoms with E-state index in [9.17, 15) is 52.7 Å². The number of rotatable bonds is 24. The van der Waals surface area contributed by atoms with Crippen LogP contribution in [-0.2, 0) is 24.0 Å². The Kier molecular flexibility index (Phi) is 35.5. The third-order valence-corrected chi connectivity index (χ3v) is 26.7. The van der Waals surface area contributed by atoms with Gasteiger partial charge in [-0.05, 0) is 206 Å². The van der Waals surface area contributed by atoms with E-state index in [4.69, 9.17) is 40.9 Å². The van der Waals surface area contributed by atoms with E-state index >= 15 is 0 Å². The average molecular weight is 2000 g/mol. The van der Waals surface area contributed by atoms with Crippen molar-refractivity contribution in [3.63, 3.8) is 0 Å². The highest BCUT2D eigenvalue weighted by Crippen LogP contribution is 2.37. The molecular weight excluding hydrogens is 1880 g/mol. The minimum absolute atomic E-state index is 0.0182. The first-order chi connectivity index (χ1) is 68.6. The number of carbonyl (C=O) groups excluding carboxylic acids is 5. The monoisotopic (exact) mass is 2000 g/mol. The third-order valence-electron chi connectivity index (χ3n) is 26.2. The van der Waals surface area contributed by atoms with Crippen molar-refractivity contribution in [3.05, 3.63) is 238 Å². The molecule has 19 rings (SSSR count). The summed E-state index contributed by atoms with van der Waals surface area (Å²) in [5.74, 6) is 3.51. The van der Waals surface area contributed by atoms with E-state index in [0.29, 0.717) is 85.4 Å². The molecule has 9 N–H and O–H groups in total. The van der Waals surface area contributed by atoms with E-state index in [-0.39, 0.29) is 75.1 Å². The molecule has 1 atom stereocenters. The second kappa shape index (κ2) is 48.9. The Morgan fingerprint density at radius 1 is 0.423 bits per heavy atom. The fourth-order valence-electron chi connectivity index (χ4n) is 18.8. The van der Waals surface area contributed by atoms with Crippen LogP contribution < -0.4 is 68.3 Å². The molecule has 13 heterocycles. The van der Waals surface area contributed by atoms with Gasteiger partial charge in [-0.25, -0.2) is 40.6 Å². The molecule has 4 aliphatic heterocycles. The van der Waals surface area contributed by atoms with Gasteiger partial charge in [0.1, 0.15) is 53.4 Å². The zero-order valence-electron chi connectivity index (χ0n) is 80.2. The number of fused-ring (bicyclic) bond motifs is 3. The molecule has 0 amide bonds. The van der Waals surface area contributed by atoms with E-state index in [2.05, 4.69) is 96.4 Å². The quantitative estimate of drug-likeness (QED) is 0.00915. The van der Waals surface area contributed by atoms with Crippen molar-refractivity contribution in [2.45, 2.75) is 169 Å². The van der Waals surface area contributed by atoms with Gasteiger partial charge in [-0.3, -0.25) is 66.5 Å². The van der Waals surface area contributed by atoms with Crippen molar-refractivity contribution in [1.82, 2.24) is 63.9 Å². The zero-order valence-corrected chi connectivity index (χ0v) is 81.8. The standard InChI is InChI=1S/C33H35N7O4.C31H33N7O3.C24H29N7O2.C7H5BrO.C5H11NO2.C3H4O4/c1-21-27-20-35-33(37-31(27)40(25-5-3-4-6-25)32(44)30(21)22(2)41)36-28-13-12-26(19-34-28)39-17-15-38(16-18-39)24-10-7-23(8-11-24)9-14-29(42)43;1-20-26-18-33-31(35-29(26)38(24-5-3-4-6-24)30(41)28(20)21(2)40)34-27-12-11-25(17-32-27)37-15-13-36(14-16-37)23-9-7-22(19-39)8-10-23;1-15-19-14-27-24(28-20-8-7-18(13-26-20)30-11-9-25-10-12-30)29-22(19)31(17-5-3-4-6-17)23(33)21(15)16(2)32;8-7-3-1-6(5-9)2-4-7;6-8-5-3-1-2-4-7-5;4-2(5)1-3(6)7/h7-14,19-20,25H,3-6,15-18H2,1-2H3,(H,42,43)(H,34,35,36,37);7-12,17-19,24H,3-6,13-16H2,1-2H3,(H,32,33,34,35);7-8,13-14,17,25H,3-6,9-12H2,1-2H3,(H,26,27,28,29);1-5H;5H,1-4,6H2;1H2,(H,4,5)(H,6,7)/b14-9+;;;;;. The first-order valence-electron chi connectivity index (χ1n) is 47.7. The number of pyridine rings is 6. The second-order valence-electron chi connectivity index (χ2n) is 35.6. The summed E-state index contributed by atoms with van der Waals surface area (Å²) in [6.07, 6.45) is 29.1. The summed E-state index contributed by atoms with van der Waals surface area (Å²) < 4.78 is 11.2. The molecule has 9 aromatic heterocycles. The van der Waals surface area contributed by atoms with Gasteiger partial charge in [-0.15, -0.1) is 0 Å². The molecule has 12 aromatic rings. The van der Waals surface area contributed by atoms with E-state index in [1.165, 1.54) is 27.2 Å². The predicted octanol–water partition coefficient (Wildman–Crippen LogP) is 14.9. The topological polar surface area (TPSA) is 488 Å². The number of ketones is 3. The van der Waals surface area contributed by atoms with Crippen molar-refractivity contribution in [3.8, 4) is 0 Å². The van der Waals surface area contributed by atoms with Crippen LogP contribution in [0, 0.1) is 20.8 Å². The molecule has 39 heteroatoms. The molecule has 3 aliphatic carbocycles. The van der Waals surface area contributed by atoms with Gasteiger partial charge in [0.05, 0.1) is 52.3 Å². The van der Waals surface area contributed by atoms with Gasteiger partial charge in [0.2, 0.25) is 17.8 Å². The number of ether oxygens (including phenoxy) is 1. The lowest BCUT2D eigenvalue weighted by atomic mass is 10.0. The maximum absolute atomic E-state index is 13.5. The Bertz CT molecular complexity index is 6710. The van der Waals surface area contributed by atoms with Crippen molar-refractivity contribution in [2.75, 3.05) is 126 Å². The number of carboxylic acid groups (broad SMARTS) is 3. The summed E-state index contributed by atoms with van der Waals surface area (Å²) in [7, 11) is 0. The summed E-state index contributed by atoms with van der Waals surface area (Å²) in [6, 6.07) is 34.7. The minimum atomic E-state index is -1.31. The van der Waals surface area contributed by atoms with Crippen LogP contribution in [0.4, 0.5) is 63.7 Å². The summed E-state index contributed by atoms with van der Waals surface area (Å²) in [5, 5.41) is 39.3. The number of hydrogen-bond donors (Lipinski definition) is 8. The minimum Gasteiger partial charge on any atom is -0.481 e. The molecule has 7 aliphatic rings. The molecule has 1 unspecified atom stereocenters. The fourth-order valence-corrected chi connectivity index (χ4v) is 19.1. The number of benzene rings is 3. The Morgan fingerprint density at radius 3 is 1.01 bits per heavy atom. The zero-order chi connectivity index (χ0) is 101. The molecular formula is C103H117BrN22O16. The van der Waals surface area contributed by atoms with E-state index in [0.717, 1.165) is 243 Å². The number of nitrogens with two attached hydrogens (primary N) is 1. The number of aldehydes is 2. The number of carbonyl (C=O) groups is 8. The molecule has 7 fully saturated rings. The van der Waals surface area contributed by atoms with Crippen LogP contribution in [0.3, 0.4) is 0 Å².